The van der Waals surface area contributed by atoms with E-state index in [2.05, 4.69) is 4.99 Å². The van der Waals surface area contributed by atoms with Crippen LogP contribution < -0.4 is 4.74 Å². The van der Waals surface area contributed by atoms with Crippen LogP contribution in [0.5, 0.6) is 5.75 Å². The summed E-state index contributed by atoms with van der Waals surface area (Å²) in [5.74, 6) is 0.420. The molecule has 6 heteroatoms. The predicted octanol–water partition coefficient (Wildman–Crippen LogP) is 6.42. The van der Waals surface area contributed by atoms with E-state index in [0.29, 0.717) is 29.0 Å². The number of aliphatic imine (C=N–C) groups is 1. The predicted molar refractivity (Wildman–Crippen MR) is 128 cm³/mol. The van der Waals surface area contributed by atoms with Crippen LogP contribution in [-0.4, -0.2) is 22.5 Å². The van der Waals surface area contributed by atoms with Gasteiger partial charge in [-0.25, -0.2) is 9.38 Å². The highest BCUT2D eigenvalue weighted by atomic mass is 32.2. The van der Waals surface area contributed by atoms with Crippen LogP contribution in [0, 0.1) is 5.82 Å². The number of carbonyl (C=O) groups is 1. The Morgan fingerprint density at radius 2 is 1.72 bits per heavy atom. The first-order valence-electron chi connectivity index (χ1n) is 10.4. The Morgan fingerprint density at radius 3 is 2.41 bits per heavy atom. The van der Waals surface area contributed by atoms with Gasteiger partial charge in [-0.2, -0.15) is 0 Å². The molecule has 4 rings (SSSR count). The van der Waals surface area contributed by atoms with Crippen LogP contribution in [0.25, 0.3) is 6.08 Å². The van der Waals surface area contributed by atoms with Gasteiger partial charge in [-0.1, -0.05) is 49.4 Å². The maximum absolute atomic E-state index is 13.0. The number of amidine groups is 1. The SMILES string of the molecule is CCCN1C(=O)/C(=C\c2ccc(OCc3ccc(F)cc3)cc2)SC1=Nc1ccccc1. The molecule has 1 fully saturated rings. The number of para-hydroxylation sites is 1. The summed E-state index contributed by atoms with van der Waals surface area (Å²) in [6.45, 7) is 3.04. The van der Waals surface area contributed by atoms with Crippen molar-refractivity contribution in [3.8, 4) is 5.75 Å². The van der Waals surface area contributed by atoms with Crippen LogP contribution in [0.3, 0.4) is 0 Å². The number of hydrogen-bond acceptors (Lipinski definition) is 4. The molecular formula is C26H23FN2O2S. The number of amides is 1. The normalized spacial score (nSPS) is 16.2. The fourth-order valence-electron chi connectivity index (χ4n) is 3.18. The lowest BCUT2D eigenvalue weighted by atomic mass is 10.2. The van der Waals surface area contributed by atoms with Crippen LogP contribution in [0.15, 0.2) is 88.8 Å². The molecule has 0 spiro atoms. The zero-order valence-corrected chi connectivity index (χ0v) is 18.5. The third kappa shape index (κ3) is 5.45. The standard InChI is InChI=1S/C26H23FN2O2S/c1-2-16-29-25(30)24(32-26(29)28-22-6-4-3-5-7-22)17-19-10-14-23(15-11-19)31-18-20-8-12-21(27)13-9-20/h3-15,17H,2,16,18H2,1H3/b24-17+,28-26?. The van der Waals surface area contributed by atoms with Crippen LogP contribution in [0.4, 0.5) is 10.1 Å². The number of ether oxygens (including phenoxy) is 1. The summed E-state index contributed by atoms with van der Waals surface area (Å²) in [4.78, 5) is 20.0. The number of halogens is 1. The fourth-order valence-corrected chi connectivity index (χ4v) is 4.21. The van der Waals surface area contributed by atoms with Gasteiger partial charge in [0.15, 0.2) is 5.17 Å². The molecule has 1 aliphatic rings. The van der Waals surface area contributed by atoms with E-state index < -0.39 is 0 Å². The number of rotatable bonds is 7. The highest BCUT2D eigenvalue weighted by Gasteiger charge is 2.32. The second kappa shape index (κ2) is 10.3. The molecule has 1 heterocycles. The lowest BCUT2D eigenvalue weighted by Gasteiger charge is -2.13. The van der Waals surface area contributed by atoms with Crippen LogP contribution >= 0.6 is 11.8 Å². The summed E-state index contributed by atoms with van der Waals surface area (Å²) < 4.78 is 18.8. The van der Waals surface area contributed by atoms with Gasteiger partial charge in [0.2, 0.25) is 0 Å². The molecule has 0 N–H and O–H groups in total. The maximum Gasteiger partial charge on any atom is 0.266 e. The minimum absolute atomic E-state index is 0.0248. The molecule has 1 saturated heterocycles. The second-order valence-electron chi connectivity index (χ2n) is 7.28. The average Bonchev–Trinajstić information content (AvgIpc) is 3.09. The maximum atomic E-state index is 13.0. The van der Waals surface area contributed by atoms with E-state index in [9.17, 15) is 9.18 Å². The van der Waals surface area contributed by atoms with Crippen molar-refractivity contribution in [2.45, 2.75) is 20.0 Å². The van der Waals surface area contributed by atoms with E-state index in [1.807, 2.05) is 67.6 Å². The summed E-state index contributed by atoms with van der Waals surface area (Å²) >= 11 is 1.39. The van der Waals surface area contributed by atoms with E-state index >= 15 is 0 Å². The van der Waals surface area contributed by atoms with Gasteiger partial charge in [0, 0.05) is 6.54 Å². The van der Waals surface area contributed by atoms with Gasteiger partial charge < -0.3 is 4.74 Å². The van der Waals surface area contributed by atoms with Crippen molar-refractivity contribution >= 4 is 34.6 Å². The van der Waals surface area contributed by atoms with Crippen LogP contribution in [-0.2, 0) is 11.4 Å². The van der Waals surface area contributed by atoms with Crippen molar-refractivity contribution in [1.29, 1.82) is 0 Å². The van der Waals surface area contributed by atoms with E-state index in [-0.39, 0.29) is 11.7 Å². The van der Waals surface area contributed by atoms with Crippen molar-refractivity contribution in [3.05, 3.63) is 101 Å². The van der Waals surface area contributed by atoms with E-state index in [1.54, 1.807) is 17.0 Å². The number of carbonyl (C=O) groups excluding carboxylic acids is 1. The van der Waals surface area contributed by atoms with Crippen molar-refractivity contribution in [1.82, 2.24) is 4.90 Å². The molecule has 0 aromatic heterocycles. The second-order valence-corrected chi connectivity index (χ2v) is 8.29. The van der Waals surface area contributed by atoms with Gasteiger partial charge in [0.25, 0.3) is 5.91 Å². The van der Waals surface area contributed by atoms with Gasteiger partial charge in [-0.3, -0.25) is 9.69 Å². The van der Waals surface area contributed by atoms with Gasteiger partial charge in [0.05, 0.1) is 10.6 Å². The van der Waals surface area contributed by atoms with E-state index in [1.165, 1.54) is 23.9 Å². The zero-order chi connectivity index (χ0) is 22.3. The third-order valence-electron chi connectivity index (χ3n) is 4.81. The minimum Gasteiger partial charge on any atom is -0.489 e. The number of thioether (sulfide) groups is 1. The molecule has 0 bridgehead atoms. The largest absolute Gasteiger partial charge is 0.489 e. The summed E-state index contributed by atoms with van der Waals surface area (Å²) in [7, 11) is 0. The van der Waals surface area contributed by atoms with Crippen LogP contribution in [0.1, 0.15) is 24.5 Å². The Kier molecular flexibility index (Phi) is 7.02. The lowest BCUT2D eigenvalue weighted by molar-refractivity contribution is -0.122. The Balaban J connectivity index is 1.47. The molecule has 3 aromatic carbocycles. The highest BCUT2D eigenvalue weighted by Crippen LogP contribution is 2.34. The molecule has 0 unspecified atom stereocenters. The molecule has 1 aliphatic heterocycles. The van der Waals surface area contributed by atoms with E-state index in [4.69, 9.17) is 4.74 Å². The third-order valence-corrected chi connectivity index (χ3v) is 5.82. The first-order chi connectivity index (χ1) is 15.6. The molecular weight excluding hydrogens is 423 g/mol. The first-order valence-corrected chi connectivity index (χ1v) is 11.3. The van der Waals surface area contributed by atoms with Crippen molar-refractivity contribution in [3.63, 3.8) is 0 Å². The molecule has 3 aromatic rings. The molecule has 0 radical (unpaired) electrons. The summed E-state index contributed by atoms with van der Waals surface area (Å²) in [6, 6.07) is 23.5. The summed E-state index contributed by atoms with van der Waals surface area (Å²) in [5.41, 5.74) is 2.63. The average molecular weight is 447 g/mol. The van der Waals surface area contributed by atoms with Gasteiger partial charge in [-0.05, 0) is 71.8 Å². The number of benzene rings is 3. The Bertz CT molecular complexity index is 1130. The Hall–Kier alpha value is -3.38. The molecule has 1 amide bonds. The molecule has 4 nitrogen and oxygen atoms in total. The van der Waals surface area contributed by atoms with Gasteiger partial charge >= 0.3 is 0 Å². The molecule has 0 atom stereocenters. The number of nitrogens with zero attached hydrogens (tertiary/aromatic N) is 2. The minimum atomic E-state index is -0.264. The van der Waals surface area contributed by atoms with Crippen LogP contribution in [0.2, 0.25) is 0 Å². The summed E-state index contributed by atoms with van der Waals surface area (Å²) in [6.07, 6.45) is 2.74. The molecule has 0 aliphatic carbocycles. The smallest absolute Gasteiger partial charge is 0.266 e. The molecule has 0 saturated carbocycles. The van der Waals surface area contributed by atoms with Crippen molar-refractivity contribution in [2.75, 3.05) is 6.54 Å². The fraction of sp³-hybridized carbons (Fsp3) is 0.154. The number of hydrogen-bond donors (Lipinski definition) is 0. The Morgan fingerprint density at radius 1 is 1.00 bits per heavy atom. The monoisotopic (exact) mass is 446 g/mol. The molecule has 32 heavy (non-hydrogen) atoms. The molecule has 162 valence electrons. The Labute approximate surface area is 191 Å². The van der Waals surface area contributed by atoms with Crippen molar-refractivity contribution in [2.24, 2.45) is 4.99 Å². The topological polar surface area (TPSA) is 41.9 Å². The van der Waals surface area contributed by atoms with Gasteiger partial charge in [0.1, 0.15) is 18.2 Å². The van der Waals surface area contributed by atoms with Crippen molar-refractivity contribution < 1.29 is 13.9 Å². The lowest BCUT2D eigenvalue weighted by Crippen LogP contribution is -2.29. The quantitative estimate of drug-likeness (QED) is 0.393. The summed E-state index contributed by atoms with van der Waals surface area (Å²) in [5, 5.41) is 0.702. The first kappa shape index (κ1) is 21.8. The highest BCUT2D eigenvalue weighted by molar-refractivity contribution is 8.18. The zero-order valence-electron chi connectivity index (χ0n) is 17.7. The van der Waals surface area contributed by atoms with E-state index in [0.717, 1.165) is 23.2 Å². The van der Waals surface area contributed by atoms with Gasteiger partial charge in [-0.15, -0.1) is 0 Å².